The first-order valence-electron chi connectivity index (χ1n) is 5.71. The molecule has 3 N–H and O–H groups in total. The summed E-state index contributed by atoms with van der Waals surface area (Å²) in [7, 11) is -2.87. The molecular formula is C10H21N3O2S. The highest BCUT2D eigenvalue weighted by atomic mass is 32.2. The van der Waals surface area contributed by atoms with E-state index < -0.39 is 9.84 Å². The van der Waals surface area contributed by atoms with Crippen molar-refractivity contribution in [3.8, 4) is 0 Å². The molecule has 0 aromatic rings. The molecule has 6 heteroatoms. The molecule has 5 nitrogen and oxygen atoms in total. The van der Waals surface area contributed by atoms with E-state index in [-0.39, 0.29) is 5.75 Å². The first-order valence-corrected chi connectivity index (χ1v) is 7.77. The SMILES string of the molecule is CS(=O)(=O)CCCN=C(N)NC1CCCC1. The van der Waals surface area contributed by atoms with Gasteiger partial charge in [-0.05, 0) is 19.3 Å². The highest BCUT2D eigenvalue weighted by Crippen LogP contribution is 2.17. The third-order valence-corrected chi connectivity index (χ3v) is 3.69. The molecule has 0 radical (unpaired) electrons. The summed E-state index contributed by atoms with van der Waals surface area (Å²) in [6.07, 6.45) is 6.57. The number of guanidine groups is 1. The summed E-state index contributed by atoms with van der Waals surface area (Å²) in [4.78, 5) is 4.11. The second-order valence-corrected chi connectivity index (χ2v) is 6.64. The van der Waals surface area contributed by atoms with E-state index in [1.54, 1.807) is 0 Å². The normalized spacial score (nSPS) is 18.9. The van der Waals surface area contributed by atoms with Gasteiger partial charge >= 0.3 is 0 Å². The van der Waals surface area contributed by atoms with Crippen LogP contribution < -0.4 is 11.1 Å². The summed E-state index contributed by atoms with van der Waals surface area (Å²) in [6, 6.07) is 0.457. The Kier molecular flexibility index (Phi) is 5.05. The summed E-state index contributed by atoms with van der Waals surface area (Å²) < 4.78 is 21.7. The Morgan fingerprint density at radius 1 is 1.44 bits per heavy atom. The van der Waals surface area contributed by atoms with Crippen LogP contribution in [-0.4, -0.2) is 39.0 Å². The van der Waals surface area contributed by atoms with Crippen molar-refractivity contribution >= 4 is 15.8 Å². The molecule has 0 atom stereocenters. The van der Waals surface area contributed by atoms with Crippen LogP contribution >= 0.6 is 0 Å². The van der Waals surface area contributed by atoms with Gasteiger partial charge in [-0.2, -0.15) is 0 Å². The fraction of sp³-hybridized carbons (Fsp3) is 0.900. The van der Waals surface area contributed by atoms with Crippen molar-refractivity contribution in [1.29, 1.82) is 0 Å². The van der Waals surface area contributed by atoms with Crippen LogP contribution in [0.3, 0.4) is 0 Å². The predicted octanol–water partition coefficient (Wildman–Crippen LogP) is 0.268. The van der Waals surface area contributed by atoms with E-state index in [1.165, 1.54) is 19.1 Å². The molecule has 0 saturated heterocycles. The van der Waals surface area contributed by atoms with Crippen molar-refractivity contribution in [2.45, 2.75) is 38.1 Å². The first kappa shape index (κ1) is 13.3. The molecule has 0 unspecified atom stereocenters. The minimum absolute atomic E-state index is 0.174. The van der Waals surface area contributed by atoms with Crippen LogP contribution in [0, 0.1) is 0 Å². The standard InChI is InChI=1S/C10H21N3O2S/c1-16(14,15)8-4-7-12-10(11)13-9-5-2-3-6-9/h9H,2-8H2,1H3,(H3,11,12,13). The Morgan fingerprint density at radius 3 is 2.62 bits per heavy atom. The smallest absolute Gasteiger partial charge is 0.188 e. The lowest BCUT2D eigenvalue weighted by molar-refractivity contribution is 0.599. The van der Waals surface area contributed by atoms with E-state index in [0.717, 1.165) is 12.8 Å². The number of sulfone groups is 1. The maximum absolute atomic E-state index is 10.9. The van der Waals surface area contributed by atoms with E-state index in [1.807, 2.05) is 0 Å². The molecule has 1 rings (SSSR count). The van der Waals surface area contributed by atoms with E-state index in [9.17, 15) is 8.42 Å². The lowest BCUT2D eigenvalue weighted by Crippen LogP contribution is -2.38. The van der Waals surface area contributed by atoms with Gasteiger partial charge in [0.15, 0.2) is 5.96 Å². The van der Waals surface area contributed by atoms with Crippen LogP contribution in [-0.2, 0) is 9.84 Å². The molecule has 1 aliphatic carbocycles. The zero-order chi connectivity index (χ0) is 12.0. The van der Waals surface area contributed by atoms with E-state index in [4.69, 9.17) is 5.73 Å². The summed E-state index contributed by atoms with van der Waals surface area (Å²) >= 11 is 0. The molecule has 0 aromatic heterocycles. The van der Waals surface area contributed by atoms with Crippen molar-refractivity contribution in [2.24, 2.45) is 10.7 Å². The summed E-state index contributed by atoms with van der Waals surface area (Å²) in [5.41, 5.74) is 5.69. The average Bonchev–Trinajstić information content (AvgIpc) is 2.63. The van der Waals surface area contributed by atoms with Crippen LogP contribution in [0.5, 0.6) is 0 Å². The second kappa shape index (κ2) is 6.08. The maximum Gasteiger partial charge on any atom is 0.188 e. The van der Waals surface area contributed by atoms with Gasteiger partial charge in [0.1, 0.15) is 9.84 Å². The van der Waals surface area contributed by atoms with Gasteiger partial charge in [0.25, 0.3) is 0 Å². The zero-order valence-corrected chi connectivity index (χ0v) is 10.6. The average molecular weight is 247 g/mol. The molecule has 0 bridgehead atoms. The summed E-state index contributed by atoms with van der Waals surface area (Å²) in [5.74, 6) is 0.619. The monoisotopic (exact) mass is 247 g/mol. The molecule has 16 heavy (non-hydrogen) atoms. The number of aliphatic imine (C=N–C) groups is 1. The minimum Gasteiger partial charge on any atom is -0.370 e. The van der Waals surface area contributed by atoms with Gasteiger partial charge in [-0.15, -0.1) is 0 Å². The molecule has 1 fully saturated rings. The van der Waals surface area contributed by atoms with Crippen molar-refractivity contribution in [3.63, 3.8) is 0 Å². The van der Waals surface area contributed by atoms with Crippen LogP contribution in [0.25, 0.3) is 0 Å². The summed E-state index contributed by atoms with van der Waals surface area (Å²) in [6.45, 7) is 0.471. The first-order chi connectivity index (χ1) is 7.47. The molecule has 1 aliphatic rings. The van der Waals surface area contributed by atoms with Crippen molar-refractivity contribution in [2.75, 3.05) is 18.6 Å². The highest BCUT2D eigenvalue weighted by Gasteiger charge is 2.14. The lowest BCUT2D eigenvalue weighted by atomic mass is 10.2. The van der Waals surface area contributed by atoms with Gasteiger partial charge in [0.05, 0.1) is 5.75 Å². The molecular weight excluding hydrogens is 226 g/mol. The molecule has 1 saturated carbocycles. The van der Waals surface area contributed by atoms with Crippen molar-refractivity contribution in [3.05, 3.63) is 0 Å². The fourth-order valence-corrected chi connectivity index (χ4v) is 2.50. The van der Waals surface area contributed by atoms with Gasteiger partial charge in [0.2, 0.25) is 0 Å². The quantitative estimate of drug-likeness (QED) is 0.415. The number of hydrogen-bond donors (Lipinski definition) is 2. The van der Waals surface area contributed by atoms with Crippen LogP contribution in [0.2, 0.25) is 0 Å². The van der Waals surface area contributed by atoms with Gasteiger partial charge in [-0.25, -0.2) is 8.42 Å². The van der Waals surface area contributed by atoms with E-state index >= 15 is 0 Å². The lowest BCUT2D eigenvalue weighted by Gasteiger charge is -2.11. The number of nitrogens with zero attached hydrogens (tertiary/aromatic N) is 1. The Morgan fingerprint density at radius 2 is 2.06 bits per heavy atom. The topological polar surface area (TPSA) is 84.5 Å². The molecule has 94 valence electrons. The minimum atomic E-state index is -2.87. The Hall–Kier alpha value is -0.780. The van der Waals surface area contributed by atoms with E-state index in [2.05, 4.69) is 10.3 Å². The molecule has 0 heterocycles. The largest absolute Gasteiger partial charge is 0.370 e. The number of rotatable bonds is 5. The predicted molar refractivity (Wildman–Crippen MR) is 66.2 cm³/mol. The van der Waals surface area contributed by atoms with Gasteiger partial charge < -0.3 is 11.1 Å². The van der Waals surface area contributed by atoms with Gasteiger partial charge in [-0.1, -0.05) is 12.8 Å². The van der Waals surface area contributed by atoms with Crippen LogP contribution in [0.15, 0.2) is 4.99 Å². The Balaban J connectivity index is 2.18. The van der Waals surface area contributed by atoms with E-state index in [0.29, 0.717) is 25.0 Å². The summed E-state index contributed by atoms with van der Waals surface area (Å²) in [5, 5.41) is 3.15. The number of nitrogens with two attached hydrogens (primary N) is 1. The maximum atomic E-state index is 10.9. The second-order valence-electron chi connectivity index (χ2n) is 4.38. The molecule has 0 amide bonds. The molecule has 0 aromatic carbocycles. The van der Waals surface area contributed by atoms with Gasteiger partial charge in [0, 0.05) is 18.8 Å². The van der Waals surface area contributed by atoms with Crippen molar-refractivity contribution < 1.29 is 8.42 Å². The third kappa shape index (κ3) is 5.95. The third-order valence-electron chi connectivity index (χ3n) is 2.66. The Bertz CT molecular complexity index is 332. The molecule has 0 spiro atoms. The van der Waals surface area contributed by atoms with Crippen molar-refractivity contribution in [1.82, 2.24) is 5.32 Å². The number of hydrogen-bond acceptors (Lipinski definition) is 3. The molecule has 0 aliphatic heterocycles. The zero-order valence-electron chi connectivity index (χ0n) is 9.78. The highest BCUT2D eigenvalue weighted by molar-refractivity contribution is 7.90. The van der Waals surface area contributed by atoms with Crippen LogP contribution in [0.1, 0.15) is 32.1 Å². The fourth-order valence-electron chi connectivity index (χ4n) is 1.85. The van der Waals surface area contributed by atoms with Gasteiger partial charge in [-0.3, -0.25) is 4.99 Å². The Labute approximate surface area is 97.4 Å². The van der Waals surface area contributed by atoms with Crippen LogP contribution in [0.4, 0.5) is 0 Å². The number of nitrogens with one attached hydrogen (secondary N) is 1.